The van der Waals surface area contributed by atoms with Crippen molar-refractivity contribution < 1.29 is 30.3 Å². The lowest BCUT2D eigenvalue weighted by Crippen LogP contribution is -2.57. The summed E-state index contributed by atoms with van der Waals surface area (Å²) in [5.74, 6) is -0.868. The van der Waals surface area contributed by atoms with Gasteiger partial charge in [0.15, 0.2) is 0 Å². The van der Waals surface area contributed by atoms with Crippen molar-refractivity contribution in [1.82, 2.24) is 10.2 Å². The van der Waals surface area contributed by atoms with Gasteiger partial charge in [0.2, 0.25) is 0 Å². The number of nitrogens with one attached hydrogen (secondary N) is 2. The quantitative estimate of drug-likeness (QED) is 0.335. The highest BCUT2D eigenvalue weighted by Crippen LogP contribution is 2.45. The van der Waals surface area contributed by atoms with Crippen molar-refractivity contribution in [2.24, 2.45) is 0 Å². The number of aliphatic hydroxyl groups is 4. The Morgan fingerprint density at radius 1 is 1.19 bits per heavy atom. The Labute approximate surface area is 150 Å². The van der Waals surface area contributed by atoms with Crippen molar-refractivity contribution in [3.63, 3.8) is 0 Å². The number of benzene rings is 1. The second-order valence-electron chi connectivity index (χ2n) is 6.70. The predicted octanol–water partition coefficient (Wildman–Crippen LogP) is -0.351. The zero-order valence-corrected chi connectivity index (χ0v) is 14.2. The molecule has 7 N–H and O–H groups in total. The molecule has 26 heavy (non-hydrogen) atoms. The van der Waals surface area contributed by atoms with E-state index in [0.717, 1.165) is 0 Å². The molecule has 3 rings (SSSR count). The van der Waals surface area contributed by atoms with Gasteiger partial charge in [-0.05, 0) is 25.3 Å². The Kier molecular flexibility index (Phi) is 5.76. The van der Waals surface area contributed by atoms with E-state index in [0.29, 0.717) is 42.6 Å². The van der Waals surface area contributed by atoms with Crippen LogP contribution in [0.2, 0.25) is 0 Å². The van der Waals surface area contributed by atoms with Crippen LogP contribution in [-0.2, 0) is 4.79 Å². The smallest absolute Gasteiger partial charge is 0.303 e. The molecular formula is C17H25N3O6. The maximum atomic E-state index is 10.8. The number of nitrogens with zero attached hydrogens (tertiary/aromatic N) is 1. The average Bonchev–Trinajstić information content (AvgIpc) is 2.84. The SMILES string of the molecule is O=C(O)CCCNc1cccc2c1C(O)N(C1CCC(O)NC1O)C2O. The van der Waals surface area contributed by atoms with E-state index in [1.807, 2.05) is 0 Å². The van der Waals surface area contributed by atoms with Gasteiger partial charge in [-0.2, -0.15) is 0 Å². The molecular weight excluding hydrogens is 342 g/mol. The zero-order valence-electron chi connectivity index (χ0n) is 14.2. The maximum absolute atomic E-state index is 10.8. The molecule has 5 unspecified atom stereocenters. The number of rotatable bonds is 6. The van der Waals surface area contributed by atoms with Crippen LogP contribution < -0.4 is 10.6 Å². The third-order valence-electron chi connectivity index (χ3n) is 4.97. The molecule has 2 aliphatic rings. The first-order chi connectivity index (χ1) is 12.4. The van der Waals surface area contributed by atoms with Crippen LogP contribution in [-0.4, -0.2) is 61.4 Å². The van der Waals surface area contributed by atoms with E-state index in [1.165, 1.54) is 4.90 Å². The molecule has 0 saturated carbocycles. The lowest BCUT2D eigenvalue weighted by Gasteiger charge is -2.40. The topological polar surface area (TPSA) is 146 Å². The van der Waals surface area contributed by atoms with E-state index in [9.17, 15) is 25.2 Å². The van der Waals surface area contributed by atoms with Crippen molar-refractivity contribution >= 4 is 11.7 Å². The highest BCUT2D eigenvalue weighted by atomic mass is 16.4. The van der Waals surface area contributed by atoms with Gasteiger partial charge < -0.3 is 30.8 Å². The molecule has 0 aliphatic carbocycles. The molecule has 1 aromatic rings. The molecule has 2 heterocycles. The van der Waals surface area contributed by atoms with E-state index >= 15 is 0 Å². The predicted molar refractivity (Wildman–Crippen MR) is 91.7 cm³/mol. The largest absolute Gasteiger partial charge is 0.481 e. The monoisotopic (exact) mass is 367 g/mol. The first-order valence-corrected chi connectivity index (χ1v) is 8.74. The Morgan fingerprint density at radius 2 is 1.96 bits per heavy atom. The number of carboxylic acid groups (broad SMARTS) is 1. The molecule has 1 aromatic carbocycles. The molecule has 0 aromatic heterocycles. The number of hydrogen-bond acceptors (Lipinski definition) is 8. The molecule has 144 valence electrons. The number of anilines is 1. The minimum Gasteiger partial charge on any atom is -0.481 e. The number of hydrogen-bond donors (Lipinski definition) is 7. The fourth-order valence-corrected chi connectivity index (χ4v) is 3.71. The summed E-state index contributed by atoms with van der Waals surface area (Å²) < 4.78 is 0. The van der Waals surface area contributed by atoms with Gasteiger partial charge in [-0.3, -0.25) is 10.1 Å². The van der Waals surface area contributed by atoms with Crippen LogP contribution in [0.1, 0.15) is 49.3 Å². The Bertz CT molecular complexity index is 657. The van der Waals surface area contributed by atoms with Gasteiger partial charge in [0.25, 0.3) is 0 Å². The van der Waals surface area contributed by atoms with Crippen LogP contribution in [0.4, 0.5) is 5.69 Å². The minimum atomic E-state index is -1.13. The zero-order chi connectivity index (χ0) is 18.8. The Balaban J connectivity index is 1.76. The summed E-state index contributed by atoms with van der Waals surface area (Å²) in [6.07, 6.45) is -2.81. The fraction of sp³-hybridized carbons (Fsp3) is 0.588. The lowest BCUT2D eigenvalue weighted by molar-refractivity contribution is -0.158. The van der Waals surface area contributed by atoms with Gasteiger partial charge in [0.05, 0.1) is 6.04 Å². The molecule has 0 amide bonds. The minimum absolute atomic E-state index is 0.0432. The van der Waals surface area contributed by atoms with E-state index in [-0.39, 0.29) is 6.42 Å². The summed E-state index contributed by atoms with van der Waals surface area (Å²) >= 11 is 0. The third-order valence-corrected chi connectivity index (χ3v) is 4.97. The van der Waals surface area contributed by atoms with Gasteiger partial charge in [-0.15, -0.1) is 0 Å². The van der Waals surface area contributed by atoms with E-state index in [2.05, 4.69) is 10.6 Å². The van der Waals surface area contributed by atoms with Crippen molar-refractivity contribution in [3.05, 3.63) is 29.3 Å². The normalized spacial score (nSPS) is 31.6. The van der Waals surface area contributed by atoms with Gasteiger partial charge in [-0.1, -0.05) is 12.1 Å². The molecule has 0 radical (unpaired) electrons. The van der Waals surface area contributed by atoms with E-state index in [4.69, 9.17) is 5.11 Å². The molecule has 2 aliphatic heterocycles. The summed E-state index contributed by atoms with van der Waals surface area (Å²) in [6.45, 7) is 0.422. The number of fused-ring (bicyclic) bond motifs is 1. The van der Waals surface area contributed by atoms with Gasteiger partial charge in [0.1, 0.15) is 24.9 Å². The second-order valence-corrected chi connectivity index (χ2v) is 6.70. The molecule has 9 heteroatoms. The molecule has 1 fully saturated rings. The van der Waals surface area contributed by atoms with Gasteiger partial charge in [0, 0.05) is 29.8 Å². The average molecular weight is 367 g/mol. The number of carboxylic acids is 1. The van der Waals surface area contributed by atoms with Crippen LogP contribution in [0.25, 0.3) is 0 Å². The highest BCUT2D eigenvalue weighted by molar-refractivity contribution is 5.66. The van der Waals surface area contributed by atoms with Crippen LogP contribution in [0.5, 0.6) is 0 Å². The van der Waals surface area contributed by atoms with Crippen molar-refractivity contribution in [2.75, 3.05) is 11.9 Å². The standard InChI is InChI=1S/C17H25N3O6/c21-12-7-6-11(15(24)19-12)20-16(25)9-3-1-4-10(14(9)17(20)26)18-8-2-5-13(22)23/h1,3-4,11-12,15-19,21,24-26H,2,5-8H2,(H,22,23). The van der Waals surface area contributed by atoms with Gasteiger partial charge in [-0.25, -0.2) is 4.90 Å². The number of aliphatic hydroxyl groups excluding tert-OH is 4. The molecule has 5 atom stereocenters. The fourth-order valence-electron chi connectivity index (χ4n) is 3.71. The first-order valence-electron chi connectivity index (χ1n) is 8.74. The summed E-state index contributed by atoms with van der Waals surface area (Å²) in [6, 6.07) is 4.66. The summed E-state index contributed by atoms with van der Waals surface area (Å²) in [5.41, 5.74) is 1.69. The molecule has 1 saturated heterocycles. The molecule has 9 nitrogen and oxygen atoms in total. The van der Waals surface area contributed by atoms with E-state index in [1.54, 1.807) is 18.2 Å². The van der Waals surface area contributed by atoms with Crippen LogP contribution in [0.3, 0.4) is 0 Å². The van der Waals surface area contributed by atoms with Crippen molar-refractivity contribution in [2.45, 2.75) is 56.6 Å². The number of aliphatic carboxylic acids is 1. The lowest BCUT2D eigenvalue weighted by atomic mass is 10.0. The Morgan fingerprint density at radius 3 is 2.65 bits per heavy atom. The number of carbonyl (C=O) groups is 1. The Hall–Kier alpha value is -1.75. The van der Waals surface area contributed by atoms with E-state index < -0.39 is 36.9 Å². The van der Waals surface area contributed by atoms with Crippen LogP contribution in [0, 0.1) is 0 Å². The van der Waals surface area contributed by atoms with Crippen LogP contribution in [0.15, 0.2) is 18.2 Å². The maximum Gasteiger partial charge on any atom is 0.303 e. The van der Waals surface area contributed by atoms with Crippen LogP contribution >= 0.6 is 0 Å². The summed E-state index contributed by atoms with van der Waals surface area (Å²) in [5, 5.41) is 55.7. The second kappa shape index (κ2) is 7.87. The highest BCUT2D eigenvalue weighted by Gasteiger charge is 2.45. The first kappa shape index (κ1) is 19.0. The van der Waals surface area contributed by atoms with Crippen molar-refractivity contribution in [3.8, 4) is 0 Å². The number of piperidine rings is 1. The summed E-state index contributed by atoms with van der Waals surface area (Å²) in [7, 11) is 0. The summed E-state index contributed by atoms with van der Waals surface area (Å²) in [4.78, 5) is 12.0. The van der Waals surface area contributed by atoms with Crippen molar-refractivity contribution in [1.29, 1.82) is 0 Å². The molecule has 0 spiro atoms. The third kappa shape index (κ3) is 3.68. The van der Waals surface area contributed by atoms with Gasteiger partial charge >= 0.3 is 5.97 Å². The molecule has 0 bridgehead atoms.